The first-order valence-electron chi connectivity index (χ1n) is 7.85. The maximum atomic E-state index is 5.98. The summed E-state index contributed by atoms with van der Waals surface area (Å²) in [5.74, 6) is 2.22. The van der Waals surface area contributed by atoms with Crippen molar-refractivity contribution in [1.29, 1.82) is 0 Å². The van der Waals surface area contributed by atoms with Gasteiger partial charge in [-0.25, -0.2) is 0 Å². The molecule has 3 rings (SSSR count). The summed E-state index contributed by atoms with van der Waals surface area (Å²) in [7, 11) is 0. The molecule has 4 nitrogen and oxygen atoms in total. The molecule has 5 heteroatoms. The number of aryl methyl sites for hydroxylation is 1. The van der Waals surface area contributed by atoms with Gasteiger partial charge in [-0.1, -0.05) is 42.7 Å². The van der Waals surface area contributed by atoms with E-state index < -0.39 is 0 Å². The van der Waals surface area contributed by atoms with Gasteiger partial charge in [0.1, 0.15) is 5.75 Å². The Balaban J connectivity index is 1.69. The van der Waals surface area contributed by atoms with Crippen LogP contribution in [0, 0.1) is 6.92 Å². The van der Waals surface area contributed by atoms with Crippen molar-refractivity contribution in [1.82, 2.24) is 10.1 Å². The van der Waals surface area contributed by atoms with Crippen LogP contribution < -0.4 is 4.74 Å². The molecule has 0 aliphatic rings. The maximum Gasteiger partial charge on any atom is 0.258 e. The third kappa shape index (κ3) is 3.77. The van der Waals surface area contributed by atoms with Crippen molar-refractivity contribution in [2.24, 2.45) is 0 Å². The zero-order valence-electron chi connectivity index (χ0n) is 13.9. The first-order valence-corrected chi connectivity index (χ1v) is 8.22. The Morgan fingerprint density at radius 1 is 1.17 bits per heavy atom. The lowest BCUT2D eigenvalue weighted by atomic mass is 9.98. The molecule has 0 amide bonds. The average Bonchev–Trinajstić information content (AvgIpc) is 3.01. The van der Waals surface area contributed by atoms with Crippen LogP contribution in [0.4, 0.5) is 0 Å². The molecule has 0 aliphatic heterocycles. The monoisotopic (exact) mass is 342 g/mol. The third-order valence-electron chi connectivity index (χ3n) is 3.77. The fourth-order valence-corrected chi connectivity index (χ4v) is 2.78. The number of aromatic nitrogens is 2. The van der Waals surface area contributed by atoms with E-state index in [9.17, 15) is 0 Å². The average molecular weight is 343 g/mol. The van der Waals surface area contributed by atoms with Crippen LogP contribution in [0.25, 0.3) is 11.5 Å². The smallest absolute Gasteiger partial charge is 0.258 e. The van der Waals surface area contributed by atoms with Crippen LogP contribution in [-0.4, -0.2) is 10.1 Å². The van der Waals surface area contributed by atoms with Gasteiger partial charge in [0.15, 0.2) is 6.61 Å². The molecule has 0 atom stereocenters. The lowest BCUT2D eigenvalue weighted by Gasteiger charge is -2.11. The molecular formula is C19H19ClN2O2. The maximum absolute atomic E-state index is 5.98. The molecule has 0 N–H and O–H groups in total. The lowest BCUT2D eigenvalue weighted by molar-refractivity contribution is 0.287. The SMILES string of the molecule is Cc1cc(OCc2noc(-c3cccc(Cl)c3)n2)ccc1C(C)C. The highest BCUT2D eigenvalue weighted by atomic mass is 35.5. The van der Waals surface area contributed by atoms with E-state index in [0.29, 0.717) is 22.7 Å². The van der Waals surface area contributed by atoms with Gasteiger partial charge in [-0.05, 0) is 54.3 Å². The fourth-order valence-electron chi connectivity index (χ4n) is 2.59. The largest absolute Gasteiger partial charge is 0.485 e. The molecular weight excluding hydrogens is 324 g/mol. The minimum Gasteiger partial charge on any atom is -0.485 e. The molecule has 0 radical (unpaired) electrons. The number of benzene rings is 2. The molecule has 0 spiro atoms. The number of hydrogen-bond donors (Lipinski definition) is 0. The number of rotatable bonds is 5. The van der Waals surface area contributed by atoms with Gasteiger partial charge >= 0.3 is 0 Å². The molecule has 2 aromatic carbocycles. The van der Waals surface area contributed by atoms with Crippen LogP contribution in [0.5, 0.6) is 5.75 Å². The molecule has 0 saturated heterocycles. The van der Waals surface area contributed by atoms with Crippen LogP contribution in [0.3, 0.4) is 0 Å². The molecule has 0 bridgehead atoms. The molecule has 1 heterocycles. The second-order valence-corrected chi connectivity index (χ2v) is 6.42. The predicted molar refractivity (Wildman–Crippen MR) is 94.3 cm³/mol. The summed E-state index contributed by atoms with van der Waals surface area (Å²) >= 11 is 5.98. The molecule has 0 unspecified atom stereocenters. The van der Waals surface area contributed by atoms with Crippen molar-refractivity contribution in [2.45, 2.75) is 33.3 Å². The number of halogens is 1. The first kappa shape index (κ1) is 16.5. The van der Waals surface area contributed by atoms with Gasteiger partial charge in [0.2, 0.25) is 5.82 Å². The van der Waals surface area contributed by atoms with Crippen molar-refractivity contribution in [3.05, 3.63) is 64.4 Å². The van der Waals surface area contributed by atoms with Gasteiger partial charge in [-0.2, -0.15) is 4.98 Å². The Hall–Kier alpha value is -2.33. The molecule has 0 aliphatic carbocycles. The standard InChI is InChI=1S/C19H19ClN2O2/c1-12(2)17-8-7-16(9-13(17)3)23-11-18-21-19(24-22-18)14-5-4-6-15(20)10-14/h4-10,12H,11H2,1-3H3. The van der Waals surface area contributed by atoms with Gasteiger partial charge in [-0.15, -0.1) is 0 Å². The number of hydrogen-bond acceptors (Lipinski definition) is 4. The highest BCUT2D eigenvalue weighted by Gasteiger charge is 2.10. The summed E-state index contributed by atoms with van der Waals surface area (Å²) in [5, 5.41) is 4.58. The van der Waals surface area contributed by atoms with Gasteiger partial charge in [0, 0.05) is 10.6 Å². The second-order valence-electron chi connectivity index (χ2n) is 5.99. The summed E-state index contributed by atoms with van der Waals surface area (Å²) in [6.45, 7) is 6.71. The van der Waals surface area contributed by atoms with Gasteiger partial charge < -0.3 is 9.26 Å². The molecule has 0 saturated carbocycles. The van der Waals surface area contributed by atoms with E-state index >= 15 is 0 Å². The third-order valence-corrected chi connectivity index (χ3v) is 4.01. The summed E-state index contributed by atoms with van der Waals surface area (Å²) < 4.78 is 11.0. The van der Waals surface area contributed by atoms with E-state index in [1.807, 2.05) is 24.3 Å². The van der Waals surface area contributed by atoms with Crippen molar-refractivity contribution >= 4 is 11.6 Å². The highest BCUT2D eigenvalue weighted by molar-refractivity contribution is 6.30. The second kappa shape index (κ2) is 7.05. The van der Waals surface area contributed by atoms with Crippen molar-refractivity contribution in [3.63, 3.8) is 0 Å². The van der Waals surface area contributed by atoms with E-state index in [-0.39, 0.29) is 6.61 Å². The Morgan fingerprint density at radius 2 is 2.00 bits per heavy atom. The van der Waals surface area contributed by atoms with Crippen LogP contribution in [0.1, 0.15) is 36.7 Å². The van der Waals surface area contributed by atoms with E-state index in [0.717, 1.165) is 11.3 Å². The summed E-state index contributed by atoms with van der Waals surface area (Å²) in [6.07, 6.45) is 0. The molecule has 0 fully saturated rings. The molecule has 24 heavy (non-hydrogen) atoms. The Bertz CT molecular complexity index is 843. The minimum absolute atomic E-state index is 0.254. The quantitative estimate of drug-likeness (QED) is 0.622. The van der Waals surface area contributed by atoms with Crippen molar-refractivity contribution in [3.8, 4) is 17.2 Å². The topological polar surface area (TPSA) is 48.2 Å². The fraction of sp³-hybridized carbons (Fsp3) is 0.263. The van der Waals surface area contributed by atoms with E-state index in [1.54, 1.807) is 12.1 Å². The number of nitrogens with zero attached hydrogens (tertiary/aromatic N) is 2. The Labute approximate surface area is 146 Å². The lowest BCUT2D eigenvalue weighted by Crippen LogP contribution is -1.99. The molecule has 1 aromatic heterocycles. The first-order chi connectivity index (χ1) is 11.5. The summed E-state index contributed by atoms with van der Waals surface area (Å²) in [4.78, 5) is 4.34. The van der Waals surface area contributed by atoms with Crippen molar-refractivity contribution in [2.75, 3.05) is 0 Å². The van der Waals surface area contributed by atoms with Gasteiger partial charge in [0.05, 0.1) is 0 Å². The summed E-state index contributed by atoms with van der Waals surface area (Å²) in [6, 6.07) is 13.4. The normalized spacial score (nSPS) is 11.0. The van der Waals surface area contributed by atoms with Gasteiger partial charge in [-0.3, -0.25) is 0 Å². The molecule has 3 aromatic rings. The zero-order valence-corrected chi connectivity index (χ0v) is 14.7. The number of ether oxygens (including phenoxy) is 1. The van der Waals surface area contributed by atoms with Crippen LogP contribution in [-0.2, 0) is 6.61 Å². The Kier molecular flexibility index (Phi) is 4.86. The van der Waals surface area contributed by atoms with Gasteiger partial charge in [0.25, 0.3) is 5.89 Å². The molecule has 124 valence electrons. The van der Waals surface area contributed by atoms with E-state index in [1.165, 1.54) is 11.1 Å². The van der Waals surface area contributed by atoms with Crippen LogP contribution >= 0.6 is 11.6 Å². The zero-order chi connectivity index (χ0) is 17.1. The van der Waals surface area contributed by atoms with E-state index in [4.69, 9.17) is 20.9 Å². The van der Waals surface area contributed by atoms with Crippen LogP contribution in [0.2, 0.25) is 5.02 Å². The predicted octanol–water partition coefficient (Wildman–Crippen LogP) is 5.40. The van der Waals surface area contributed by atoms with Crippen LogP contribution in [0.15, 0.2) is 47.0 Å². The Morgan fingerprint density at radius 3 is 2.71 bits per heavy atom. The highest BCUT2D eigenvalue weighted by Crippen LogP contribution is 2.24. The van der Waals surface area contributed by atoms with Crippen molar-refractivity contribution < 1.29 is 9.26 Å². The van der Waals surface area contributed by atoms with E-state index in [2.05, 4.69) is 37.0 Å². The summed E-state index contributed by atoms with van der Waals surface area (Å²) in [5.41, 5.74) is 3.33. The minimum atomic E-state index is 0.254.